The molecule has 1 aromatic rings. The fourth-order valence-electron chi connectivity index (χ4n) is 1.75. The number of nitrogens with one attached hydrogen (secondary N) is 2. The van der Waals surface area contributed by atoms with Crippen LogP contribution in [0.5, 0.6) is 0 Å². The van der Waals surface area contributed by atoms with Gasteiger partial charge in [-0.1, -0.05) is 6.07 Å². The van der Waals surface area contributed by atoms with Crippen LogP contribution in [0.25, 0.3) is 0 Å². The van der Waals surface area contributed by atoms with Crippen molar-refractivity contribution >= 4 is 33.6 Å². The molecule has 1 aromatic carbocycles. The Labute approximate surface area is 114 Å². The van der Waals surface area contributed by atoms with Gasteiger partial charge < -0.3 is 10.6 Å². The Kier molecular flexibility index (Phi) is 3.86. The third kappa shape index (κ3) is 2.81. The van der Waals surface area contributed by atoms with E-state index in [1.165, 1.54) is 4.90 Å². The van der Waals surface area contributed by atoms with E-state index in [2.05, 4.69) is 26.6 Å². The number of anilines is 1. The van der Waals surface area contributed by atoms with Crippen molar-refractivity contribution in [2.24, 2.45) is 0 Å². The molecule has 18 heavy (non-hydrogen) atoms. The molecule has 0 bridgehead atoms. The van der Waals surface area contributed by atoms with Crippen LogP contribution in [0.3, 0.4) is 0 Å². The van der Waals surface area contributed by atoms with E-state index in [9.17, 15) is 9.59 Å². The van der Waals surface area contributed by atoms with Gasteiger partial charge in [0.1, 0.15) is 0 Å². The van der Waals surface area contributed by atoms with Crippen LogP contribution in [0, 0.1) is 6.92 Å². The number of amides is 3. The van der Waals surface area contributed by atoms with Gasteiger partial charge in [0, 0.05) is 23.2 Å². The molecule has 6 heteroatoms. The summed E-state index contributed by atoms with van der Waals surface area (Å²) in [4.78, 5) is 24.3. The molecule has 1 fully saturated rings. The molecule has 0 radical (unpaired) electrons. The highest BCUT2D eigenvalue weighted by Gasteiger charge is 2.25. The van der Waals surface area contributed by atoms with Gasteiger partial charge in [-0.15, -0.1) is 0 Å². The summed E-state index contributed by atoms with van der Waals surface area (Å²) in [5, 5.41) is 5.63. The van der Waals surface area contributed by atoms with Crippen LogP contribution in [0.2, 0.25) is 0 Å². The molecule has 1 saturated heterocycles. The fourth-order valence-corrected chi connectivity index (χ4v) is 2.14. The largest absolute Gasteiger partial charge is 0.375 e. The van der Waals surface area contributed by atoms with Gasteiger partial charge in [0.15, 0.2) is 0 Å². The lowest BCUT2D eigenvalue weighted by Gasteiger charge is -2.14. The summed E-state index contributed by atoms with van der Waals surface area (Å²) in [7, 11) is 0. The number of aryl methyl sites for hydroxylation is 1. The predicted molar refractivity (Wildman–Crippen MR) is 72.5 cm³/mol. The number of rotatable bonds is 3. The highest BCUT2D eigenvalue weighted by Crippen LogP contribution is 2.23. The van der Waals surface area contributed by atoms with Crippen LogP contribution >= 0.6 is 15.9 Å². The number of hydrogen-bond acceptors (Lipinski definition) is 3. The van der Waals surface area contributed by atoms with E-state index in [0.29, 0.717) is 13.1 Å². The molecule has 0 atom stereocenters. The SMILES string of the molecule is Cc1ccc(Br)c(NCC(=O)N2CCNC2=O)c1. The number of carbonyl (C=O) groups excluding carboxylic acids is 2. The topological polar surface area (TPSA) is 61.4 Å². The van der Waals surface area contributed by atoms with Crippen LogP contribution < -0.4 is 10.6 Å². The second-order valence-electron chi connectivity index (χ2n) is 4.11. The molecular formula is C12H14BrN3O2. The third-order valence-electron chi connectivity index (χ3n) is 2.71. The van der Waals surface area contributed by atoms with Crippen LogP contribution in [-0.2, 0) is 4.79 Å². The van der Waals surface area contributed by atoms with Gasteiger partial charge in [-0.3, -0.25) is 9.69 Å². The number of carbonyl (C=O) groups is 2. The van der Waals surface area contributed by atoms with E-state index in [4.69, 9.17) is 0 Å². The Morgan fingerprint density at radius 1 is 1.56 bits per heavy atom. The van der Waals surface area contributed by atoms with Gasteiger partial charge in [0.2, 0.25) is 5.91 Å². The lowest BCUT2D eigenvalue weighted by atomic mass is 10.2. The molecule has 0 unspecified atom stereocenters. The molecule has 0 aromatic heterocycles. The predicted octanol–water partition coefficient (Wildman–Crippen LogP) is 1.72. The minimum atomic E-state index is -0.315. The second kappa shape index (κ2) is 5.39. The molecule has 3 amide bonds. The number of nitrogens with zero attached hydrogens (tertiary/aromatic N) is 1. The molecule has 0 spiro atoms. The molecule has 1 aliphatic rings. The van der Waals surface area contributed by atoms with Gasteiger partial charge in [-0.05, 0) is 40.5 Å². The summed E-state index contributed by atoms with van der Waals surface area (Å²) in [6.07, 6.45) is 0. The summed E-state index contributed by atoms with van der Waals surface area (Å²) < 4.78 is 0.895. The van der Waals surface area contributed by atoms with E-state index in [-0.39, 0.29) is 18.5 Å². The Morgan fingerprint density at radius 2 is 2.33 bits per heavy atom. The Hall–Kier alpha value is -1.56. The minimum Gasteiger partial charge on any atom is -0.375 e. The standard InChI is InChI=1S/C12H14BrN3O2/c1-8-2-3-9(13)10(6-8)15-7-11(17)16-5-4-14-12(16)18/h2-3,6,15H,4-5,7H2,1H3,(H,14,18). The van der Waals surface area contributed by atoms with Gasteiger partial charge in [-0.2, -0.15) is 0 Å². The van der Waals surface area contributed by atoms with Gasteiger partial charge in [0.05, 0.1) is 6.54 Å². The molecule has 5 nitrogen and oxygen atoms in total. The Bertz CT molecular complexity index is 490. The summed E-state index contributed by atoms with van der Waals surface area (Å²) >= 11 is 3.41. The molecule has 0 aliphatic carbocycles. The van der Waals surface area contributed by atoms with Crippen molar-refractivity contribution in [1.82, 2.24) is 10.2 Å². The Morgan fingerprint density at radius 3 is 3.00 bits per heavy atom. The number of imide groups is 1. The van der Waals surface area contributed by atoms with Crippen molar-refractivity contribution in [3.63, 3.8) is 0 Å². The number of benzene rings is 1. The first-order valence-corrected chi connectivity index (χ1v) is 6.45. The normalized spacial score (nSPS) is 14.6. The monoisotopic (exact) mass is 311 g/mol. The van der Waals surface area contributed by atoms with Crippen LogP contribution in [0.4, 0.5) is 10.5 Å². The van der Waals surface area contributed by atoms with Crippen molar-refractivity contribution in [3.8, 4) is 0 Å². The zero-order valence-electron chi connectivity index (χ0n) is 10.00. The van der Waals surface area contributed by atoms with Crippen molar-refractivity contribution in [2.45, 2.75) is 6.92 Å². The summed E-state index contributed by atoms with van der Waals surface area (Å²) in [6, 6.07) is 5.53. The highest BCUT2D eigenvalue weighted by molar-refractivity contribution is 9.10. The summed E-state index contributed by atoms with van der Waals surface area (Å²) in [5.74, 6) is -0.224. The molecule has 96 valence electrons. The zero-order chi connectivity index (χ0) is 13.1. The Balaban J connectivity index is 1.97. The van der Waals surface area contributed by atoms with E-state index in [0.717, 1.165) is 15.7 Å². The maximum Gasteiger partial charge on any atom is 0.324 e. The van der Waals surface area contributed by atoms with Crippen LogP contribution in [-0.4, -0.2) is 36.5 Å². The summed E-state index contributed by atoms with van der Waals surface area (Å²) in [5.41, 5.74) is 1.95. The highest BCUT2D eigenvalue weighted by atomic mass is 79.9. The van der Waals surface area contributed by atoms with Crippen molar-refractivity contribution in [1.29, 1.82) is 0 Å². The first-order valence-electron chi connectivity index (χ1n) is 5.66. The molecule has 2 rings (SSSR count). The van der Waals surface area contributed by atoms with Crippen LogP contribution in [0.15, 0.2) is 22.7 Å². The maximum atomic E-state index is 11.8. The van der Waals surface area contributed by atoms with Crippen molar-refractivity contribution in [3.05, 3.63) is 28.2 Å². The molecule has 0 saturated carbocycles. The summed E-state index contributed by atoms with van der Waals surface area (Å²) in [6.45, 7) is 3.05. The molecule has 1 aliphatic heterocycles. The van der Waals surface area contributed by atoms with E-state index in [1.807, 2.05) is 25.1 Å². The van der Waals surface area contributed by atoms with Gasteiger partial charge in [0.25, 0.3) is 0 Å². The molecule has 1 heterocycles. The van der Waals surface area contributed by atoms with E-state index in [1.54, 1.807) is 0 Å². The first kappa shape index (κ1) is 12.9. The quantitative estimate of drug-likeness (QED) is 0.893. The van der Waals surface area contributed by atoms with E-state index < -0.39 is 0 Å². The van der Waals surface area contributed by atoms with Gasteiger partial charge >= 0.3 is 6.03 Å². The average Bonchev–Trinajstić information content (AvgIpc) is 2.76. The average molecular weight is 312 g/mol. The zero-order valence-corrected chi connectivity index (χ0v) is 11.6. The third-order valence-corrected chi connectivity index (χ3v) is 3.40. The lowest BCUT2D eigenvalue weighted by molar-refractivity contribution is -0.125. The fraction of sp³-hybridized carbons (Fsp3) is 0.333. The lowest BCUT2D eigenvalue weighted by Crippen LogP contribution is -2.38. The van der Waals surface area contributed by atoms with E-state index >= 15 is 0 Å². The van der Waals surface area contributed by atoms with Gasteiger partial charge in [-0.25, -0.2) is 4.79 Å². The second-order valence-corrected chi connectivity index (χ2v) is 4.97. The number of halogens is 1. The maximum absolute atomic E-state index is 11.8. The van der Waals surface area contributed by atoms with Crippen molar-refractivity contribution < 1.29 is 9.59 Å². The minimum absolute atomic E-state index is 0.107. The number of hydrogen-bond donors (Lipinski definition) is 2. The number of urea groups is 1. The molecule has 2 N–H and O–H groups in total. The van der Waals surface area contributed by atoms with Crippen molar-refractivity contribution in [2.75, 3.05) is 25.0 Å². The van der Waals surface area contributed by atoms with Crippen LogP contribution in [0.1, 0.15) is 5.56 Å². The molecular weight excluding hydrogens is 298 g/mol. The first-order chi connectivity index (χ1) is 8.58. The smallest absolute Gasteiger partial charge is 0.324 e.